The highest BCUT2D eigenvalue weighted by Crippen LogP contribution is 2.21. The van der Waals surface area contributed by atoms with E-state index in [4.69, 9.17) is 10.5 Å². The lowest BCUT2D eigenvalue weighted by Crippen LogP contribution is -2.37. The van der Waals surface area contributed by atoms with Gasteiger partial charge in [0.05, 0.1) is 6.10 Å². The van der Waals surface area contributed by atoms with Crippen LogP contribution < -0.4 is 11.1 Å². The minimum Gasteiger partial charge on any atom is -0.380 e. The molecule has 3 nitrogen and oxygen atoms in total. The smallest absolute Gasteiger partial charge is 0.0724 e. The first-order chi connectivity index (χ1) is 8.85. The number of nitrogens with one attached hydrogen (secondary N) is 1. The molecule has 2 unspecified atom stereocenters. The topological polar surface area (TPSA) is 47.3 Å². The van der Waals surface area contributed by atoms with Crippen LogP contribution in [0.4, 0.5) is 0 Å². The molecule has 0 radical (unpaired) electrons. The highest BCUT2D eigenvalue weighted by atomic mass is 16.5. The molecule has 0 aliphatic heterocycles. The van der Waals surface area contributed by atoms with E-state index in [0.717, 1.165) is 13.0 Å². The molecule has 0 amide bonds. The van der Waals surface area contributed by atoms with Gasteiger partial charge in [0.1, 0.15) is 0 Å². The first-order valence-electron chi connectivity index (χ1n) is 6.88. The lowest BCUT2D eigenvalue weighted by atomic mass is 10.0. The van der Waals surface area contributed by atoms with Crippen molar-refractivity contribution < 1.29 is 4.74 Å². The standard InChI is InChI=1S/C15H24N2O/c1-18-15-8-4-7-14(15)17-10-9-12-5-2-3-6-13(12)11-16/h2-3,5-6,14-15,17H,4,7-11,16H2,1H3. The molecule has 1 saturated carbocycles. The maximum atomic E-state index is 5.75. The van der Waals surface area contributed by atoms with E-state index in [1.807, 2.05) is 7.11 Å². The Morgan fingerprint density at radius 2 is 2.06 bits per heavy atom. The molecule has 2 rings (SSSR count). The Labute approximate surface area is 110 Å². The van der Waals surface area contributed by atoms with Gasteiger partial charge >= 0.3 is 0 Å². The molecule has 1 aromatic carbocycles. The number of rotatable bonds is 6. The van der Waals surface area contributed by atoms with Crippen molar-refractivity contribution >= 4 is 0 Å². The summed E-state index contributed by atoms with van der Waals surface area (Å²) in [5.74, 6) is 0. The van der Waals surface area contributed by atoms with Crippen molar-refractivity contribution in [1.29, 1.82) is 0 Å². The monoisotopic (exact) mass is 248 g/mol. The number of hydrogen-bond donors (Lipinski definition) is 2. The van der Waals surface area contributed by atoms with E-state index in [9.17, 15) is 0 Å². The molecule has 0 saturated heterocycles. The summed E-state index contributed by atoms with van der Waals surface area (Å²) in [6.45, 7) is 1.63. The van der Waals surface area contributed by atoms with Gasteiger partial charge in [0.2, 0.25) is 0 Å². The molecule has 2 atom stereocenters. The Hall–Kier alpha value is -0.900. The fourth-order valence-corrected chi connectivity index (χ4v) is 2.83. The minimum absolute atomic E-state index is 0.398. The fourth-order valence-electron chi connectivity index (χ4n) is 2.83. The summed E-state index contributed by atoms with van der Waals surface area (Å²) < 4.78 is 5.49. The normalized spacial score (nSPS) is 23.4. The van der Waals surface area contributed by atoms with Gasteiger partial charge in [0.15, 0.2) is 0 Å². The summed E-state index contributed by atoms with van der Waals surface area (Å²) in [4.78, 5) is 0. The number of ether oxygens (including phenoxy) is 1. The maximum Gasteiger partial charge on any atom is 0.0724 e. The van der Waals surface area contributed by atoms with Crippen molar-refractivity contribution in [3.63, 3.8) is 0 Å². The van der Waals surface area contributed by atoms with Crippen molar-refractivity contribution in [2.75, 3.05) is 13.7 Å². The van der Waals surface area contributed by atoms with Crippen molar-refractivity contribution in [3.8, 4) is 0 Å². The van der Waals surface area contributed by atoms with Gasteiger partial charge in [-0.15, -0.1) is 0 Å². The quantitative estimate of drug-likeness (QED) is 0.807. The van der Waals surface area contributed by atoms with Crippen LogP contribution in [0.5, 0.6) is 0 Å². The minimum atomic E-state index is 0.398. The van der Waals surface area contributed by atoms with Gasteiger partial charge in [0.25, 0.3) is 0 Å². The van der Waals surface area contributed by atoms with Gasteiger partial charge in [-0.2, -0.15) is 0 Å². The molecule has 3 heteroatoms. The summed E-state index contributed by atoms with van der Waals surface area (Å²) in [5, 5.41) is 3.62. The van der Waals surface area contributed by atoms with Crippen molar-refractivity contribution in [1.82, 2.24) is 5.32 Å². The highest BCUT2D eigenvalue weighted by Gasteiger charge is 2.26. The molecule has 18 heavy (non-hydrogen) atoms. The Balaban J connectivity index is 1.81. The van der Waals surface area contributed by atoms with E-state index in [-0.39, 0.29) is 0 Å². The predicted octanol–water partition coefficient (Wildman–Crippen LogP) is 1.84. The number of hydrogen-bond acceptors (Lipinski definition) is 3. The molecular weight excluding hydrogens is 224 g/mol. The van der Waals surface area contributed by atoms with E-state index >= 15 is 0 Å². The van der Waals surface area contributed by atoms with Crippen LogP contribution in [0.2, 0.25) is 0 Å². The second kappa shape index (κ2) is 6.88. The first-order valence-corrected chi connectivity index (χ1v) is 6.88. The van der Waals surface area contributed by atoms with Crippen LogP contribution in [0, 0.1) is 0 Å². The van der Waals surface area contributed by atoms with Gasteiger partial charge in [0, 0.05) is 19.7 Å². The second-order valence-electron chi connectivity index (χ2n) is 4.99. The molecule has 0 heterocycles. The molecule has 3 N–H and O–H groups in total. The van der Waals surface area contributed by atoms with Gasteiger partial charge in [-0.05, 0) is 43.4 Å². The second-order valence-corrected chi connectivity index (χ2v) is 4.99. The van der Waals surface area contributed by atoms with Gasteiger partial charge in [-0.25, -0.2) is 0 Å². The van der Waals surface area contributed by atoms with Gasteiger partial charge < -0.3 is 15.8 Å². The van der Waals surface area contributed by atoms with E-state index in [1.165, 1.54) is 30.4 Å². The third-order valence-corrected chi connectivity index (χ3v) is 3.89. The average Bonchev–Trinajstić information content (AvgIpc) is 2.87. The van der Waals surface area contributed by atoms with E-state index < -0.39 is 0 Å². The maximum absolute atomic E-state index is 5.75. The molecule has 0 spiro atoms. The molecule has 0 aromatic heterocycles. The molecule has 0 bridgehead atoms. The zero-order chi connectivity index (χ0) is 12.8. The molecule has 1 aliphatic carbocycles. The Morgan fingerprint density at radius 3 is 2.78 bits per heavy atom. The van der Waals surface area contributed by atoms with E-state index in [2.05, 4.69) is 29.6 Å². The van der Waals surface area contributed by atoms with Crippen LogP contribution in [-0.2, 0) is 17.7 Å². The fraction of sp³-hybridized carbons (Fsp3) is 0.600. The Kier molecular flexibility index (Phi) is 5.17. The van der Waals surface area contributed by atoms with Gasteiger partial charge in [-0.3, -0.25) is 0 Å². The lowest BCUT2D eigenvalue weighted by molar-refractivity contribution is 0.0854. The molecule has 1 aliphatic rings. The average molecular weight is 248 g/mol. The van der Waals surface area contributed by atoms with Crippen LogP contribution in [0.1, 0.15) is 30.4 Å². The number of methoxy groups -OCH3 is 1. The summed E-state index contributed by atoms with van der Waals surface area (Å²) >= 11 is 0. The van der Waals surface area contributed by atoms with Crippen LogP contribution >= 0.6 is 0 Å². The lowest BCUT2D eigenvalue weighted by Gasteiger charge is -2.20. The Bertz CT molecular complexity index is 367. The van der Waals surface area contributed by atoms with Gasteiger partial charge in [-0.1, -0.05) is 24.3 Å². The van der Waals surface area contributed by atoms with Crippen LogP contribution in [-0.4, -0.2) is 25.8 Å². The number of benzene rings is 1. The Morgan fingerprint density at radius 1 is 1.28 bits per heavy atom. The van der Waals surface area contributed by atoms with Crippen LogP contribution in [0.15, 0.2) is 24.3 Å². The summed E-state index contributed by atoms with van der Waals surface area (Å²) in [6, 6.07) is 8.95. The van der Waals surface area contributed by atoms with Crippen LogP contribution in [0.25, 0.3) is 0 Å². The van der Waals surface area contributed by atoms with Crippen molar-refractivity contribution in [2.45, 2.75) is 44.4 Å². The predicted molar refractivity (Wildman–Crippen MR) is 74.5 cm³/mol. The molecular formula is C15H24N2O. The first kappa shape index (κ1) is 13.5. The third kappa shape index (κ3) is 3.31. The van der Waals surface area contributed by atoms with Crippen molar-refractivity contribution in [3.05, 3.63) is 35.4 Å². The van der Waals surface area contributed by atoms with Crippen molar-refractivity contribution in [2.24, 2.45) is 5.73 Å². The molecule has 100 valence electrons. The summed E-state index contributed by atoms with van der Waals surface area (Å²) in [7, 11) is 1.81. The zero-order valence-corrected chi connectivity index (χ0v) is 11.2. The summed E-state index contributed by atoms with van der Waals surface area (Å²) in [6.07, 6.45) is 5.13. The SMILES string of the molecule is COC1CCCC1NCCc1ccccc1CN. The zero-order valence-electron chi connectivity index (χ0n) is 11.2. The molecule has 1 aromatic rings. The largest absolute Gasteiger partial charge is 0.380 e. The number of nitrogens with two attached hydrogens (primary N) is 1. The summed E-state index contributed by atoms with van der Waals surface area (Å²) in [5.41, 5.74) is 8.37. The molecule has 1 fully saturated rings. The third-order valence-electron chi connectivity index (χ3n) is 3.89. The van der Waals surface area contributed by atoms with E-state index in [0.29, 0.717) is 18.7 Å². The van der Waals surface area contributed by atoms with Crippen LogP contribution in [0.3, 0.4) is 0 Å². The highest BCUT2D eigenvalue weighted by molar-refractivity contribution is 5.27. The van der Waals surface area contributed by atoms with E-state index in [1.54, 1.807) is 0 Å².